The Bertz CT molecular complexity index is 333. The maximum absolute atomic E-state index is 12.0. The van der Waals surface area contributed by atoms with Crippen LogP contribution < -0.4 is 0 Å². The molecule has 25 heavy (non-hydrogen) atoms. The zero-order chi connectivity index (χ0) is 19.1. The summed E-state index contributed by atoms with van der Waals surface area (Å²) in [5.41, 5.74) is -0.570. The summed E-state index contributed by atoms with van der Waals surface area (Å²) < 4.78 is 1.15. The molecule has 3 nitrogen and oxygen atoms in total. The largest absolute Gasteiger partial charge is 0.624 e. The van der Waals surface area contributed by atoms with E-state index >= 15 is 0 Å². The third-order valence-corrected chi connectivity index (χ3v) is 4.99. The molecule has 0 aromatic carbocycles. The molecular formula is C22H45NO2. The van der Waals surface area contributed by atoms with Gasteiger partial charge in [0.25, 0.3) is 0 Å². The van der Waals surface area contributed by atoms with Gasteiger partial charge in [0.05, 0.1) is 5.60 Å². The van der Waals surface area contributed by atoms with Crippen LogP contribution in [0.2, 0.25) is 0 Å². The zero-order valence-electron chi connectivity index (χ0n) is 17.7. The van der Waals surface area contributed by atoms with Gasteiger partial charge < -0.3 is 10.3 Å². The van der Waals surface area contributed by atoms with Gasteiger partial charge in [-0.3, -0.25) is 0 Å². The van der Waals surface area contributed by atoms with Crippen molar-refractivity contribution in [3.63, 3.8) is 0 Å². The normalized spacial score (nSPS) is 15.4. The van der Waals surface area contributed by atoms with Gasteiger partial charge in [0.15, 0.2) is 12.8 Å². The molecule has 0 aromatic heterocycles. The highest BCUT2D eigenvalue weighted by molar-refractivity contribution is 5.51. The average molecular weight is 356 g/mol. The fourth-order valence-electron chi connectivity index (χ4n) is 3.22. The summed E-state index contributed by atoms with van der Waals surface area (Å²) in [6.45, 7) is 11.0. The van der Waals surface area contributed by atoms with Crippen molar-refractivity contribution in [2.24, 2.45) is 11.8 Å². The topological polar surface area (TPSA) is 46.3 Å². The van der Waals surface area contributed by atoms with Gasteiger partial charge in [0.2, 0.25) is 0 Å². The lowest BCUT2D eigenvalue weighted by molar-refractivity contribution is -0.462. The van der Waals surface area contributed by atoms with Crippen molar-refractivity contribution in [2.75, 3.05) is 6.54 Å². The second kappa shape index (κ2) is 14.6. The minimum Gasteiger partial charge on any atom is -0.624 e. The third kappa shape index (κ3) is 18.0. The number of aliphatic hydroxyl groups is 1. The number of rotatable bonds is 16. The predicted molar refractivity (Wildman–Crippen MR) is 110 cm³/mol. The van der Waals surface area contributed by atoms with Gasteiger partial charge in [-0.25, -0.2) is 4.74 Å². The Kier molecular flexibility index (Phi) is 14.3. The number of hydrogen-bond donors (Lipinski definition) is 1. The van der Waals surface area contributed by atoms with Crippen molar-refractivity contribution < 1.29 is 9.85 Å². The molecule has 0 aliphatic rings. The first kappa shape index (κ1) is 24.4. The lowest BCUT2D eigenvalue weighted by atomic mass is 9.95. The van der Waals surface area contributed by atoms with Crippen molar-refractivity contribution in [1.29, 1.82) is 0 Å². The van der Waals surface area contributed by atoms with Crippen LogP contribution in [0.25, 0.3) is 0 Å². The van der Waals surface area contributed by atoms with Crippen molar-refractivity contribution in [3.05, 3.63) is 5.21 Å². The van der Waals surface area contributed by atoms with Crippen LogP contribution >= 0.6 is 0 Å². The van der Waals surface area contributed by atoms with Crippen molar-refractivity contribution in [3.8, 4) is 0 Å². The van der Waals surface area contributed by atoms with Crippen LogP contribution in [0.5, 0.6) is 0 Å². The molecule has 0 aromatic rings. The van der Waals surface area contributed by atoms with E-state index in [4.69, 9.17) is 0 Å². The molecule has 0 heterocycles. The number of nitrogens with zero attached hydrogens (tertiary/aromatic N) is 1. The Hall–Kier alpha value is -0.570. The number of hydrogen-bond acceptors (Lipinski definition) is 2. The summed E-state index contributed by atoms with van der Waals surface area (Å²) in [5.74, 6) is 0.993. The average Bonchev–Trinajstić information content (AvgIpc) is 2.51. The maximum Gasteiger partial charge on any atom is 0.155 e. The van der Waals surface area contributed by atoms with E-state index in [0.717, 1.165) is 30.4 Å². The predicted octanol–water partition coefficient (Wildman–Crippen LogP) is 6.31. The van der Waals surface area contributed by atoms with Crippen molar-refractivity contribution in [1.82, 2.24) is 0 Å². The third-order valence-electron chi connectivity index (χ3n) is 4.99. The van der Waals surface area contributed by atoms with Gasteiger partial charge in [-0.15, -0.1) is 0 Å². The minimum atomic E-state index is -0.570. The van der Waals surface area contributed by atoms with Gasteiger partial charge in [0.1, 0.15) is 0 Å². The van der Waals surface area contributed by atoms with Crippen LogP contribution in [-0.4, -0.2) is 28.2 Å². The maximum atomic E-state index is 12.0. The highest BCUT2D eigenvalue weighted by Crippen LogP contribution is 2.17. The SMILES string of the molecule is CCCCCCCCCC(C)C[N+]([O-])=CCC(C)CCCC(C)(C)O. The van der Waals surface area contributed by atoms with E-state index in [2.05, 4.69) is 20.8 Å². The van der Waals surface area contributed by atoms with E-state index in [1.165, 1.54) is 51.4 Å². The molecule has 0 fully saturated rings. The monoisotopic (exact) mass is 355 g/mol. The second-order valence-corrected chi connectivity index (χ2v) is 8.84. The molecule has 0 bridgehead atoms. The molecule has 3 heteroatoms. The van der Waals surface area contributed by atoms with E-state index in [0.29, 0.717) is 18.4 Å². The van der Waals surface area contributed by atoms with E-state index < -0.39 is 5.60 Å². The first-order chi connectivity index (χ1) is 11.7. The fourth-order valence-corrected chi connectivity index (χ4v) is 3.22. The molecule has 2 atom stereocenters. The molecule has 150 valence electrons. The molecular weight excluding hydrogens is 310 g/mol. The molecule has 0 amide bonds. The summed E-state index contributed by atoms with van der Waals surface area (Å²) in [6, 6.07) is 0. The molecule has 0 rings (SSSR count). The smallest absolute Gasteiger partial charge is 0.155 e. The molecule has 0 aliphatic carbocycles. The van der Waals surface area contributed by atoms with E-state index in [-0.39, 0.29) is 0 Å². The van der Waals surface area contributed by atoms with Crippen molar-refractivity contribution in [2.45, 2.75) is 117 Å². The Morgan fingerprint density at radius 3 is 2.08 bits per heavy atom. The summed E-state index contributed by atoms with van der Waals surface area (Å²) >= 11 is 0. The molecule has 0 aliphatic heterocycles. The molecule has 0 saturated carbocycles. The van der Waals surface area contributed by atoms with Crippen LogP contribution in [0.1, 0.15) is 112 Å². The molecule has 2 unspecified atom stereocenters. The van der Waals surface area contributed by atoms with Crippen LogP contribution in [0.4, 0.5) is 0 Å². The van der Waals surface area contributed by atoms with Crippen LogP contribution in [-0.2, 0) is 0 Å². The van der Waals surface area contributed by atoms with E-state index in [1.807, 2.05) is 20.1 Å². The Labute approximate surface area is 157 Å². The quantitative estimate of drug-likeness (QED) is 0.116. The van der Waals surface area contributed by atoms with E-state index in [9.17, 15) is 10.3 Å². The summed E-state index contributed by atoms with van der Waals surface area (Å²) in [4.78, 5) is 0. The highest BCUT2D eigenvalue weighted by Gasteiger charge is 2.13. The lowest BCUT2D eigenvalue weighted by Crippen LogP contribution is -2.18. The van der Waals surface area contributed by atoms with Crippen LogP contribution in [0, 0.1) is 17.0 Å². The Morgan fingerprint density at radius 1 is 0.920 bits per heavy atom. The van der Waals surface area contributed by atoms with Gasteiger partial charge in [0, 0.05) is 12.3 Å². The van der Waals surface area contributed by atoms with Gasteiger partial charge in [-0.2, -0.15) is 0 Å². The summed E-state index contributed by atoms with van der Waals surface area (Å²) in [7, 11) is 0. The van der Waals surface area contributed by atoms with Crippen LogP contribution in [0.15, 0.2) is 0 Å². The van der Waals surface area contributed by atoms with E-state index in [1.54, 1.807) is 0 Å². The zero-order valence-corrected chi connectivity index (χ0v) is 17.7. The van der Waals surface area contributed by atoms with Crippen LogP contribution in [0.3, 0.4) is 0 Å². The lowest BCUT2D eigenvalue weighted by Gasteiger charge is -2.18. The first-order valence-corrected chi connectivity index (χ1v) is 10.7. The standard InChI is InChI=1S/C22H45NO2/c1-6-7-8-9-10-11-12-14-21(3)19-23(25)18-16-20(2)15-13-17-22(4,5)24/h18,20-21,24H,6-17,19H2,1-5H3. The van der Waals surface area contributed by atoms with Crippen molar-refractivity contribution >= 4 is 6.21 Å². The molecule has 0 saturated heterocycles. The Morgan fingerprint density at radius 2 is 1.48 bits per heavy atom. The van der Waals surface area contributed by atoms with Gasteiger partial charge >= 0.3 is 0 Å². The van der Waals surface area contributed by atoms with Gasteiger partial charge in [-0.05, 0) is 32.6 Å². The first-order valence-electron chi connectivity index (χ1n) is 10.7. The molecule has 1 N–H and O–H groups in total. The highest BCUT2D eigenvalue weighted by atomic mass is 16.5. The van der Waals surface area contributed by atoms with Gasteiger partial charge in [-0.1, -0.05) is 78.6 Å². The number of unbranched alkanes of at least 4 members (excludes halogenated alkanes) is 6. The second-order valence-electron chi connectivity index (χ2n) is 8.84. The fraction of sp³-hybridized carbons (Fsp3) is 0.955. The number of hydroxylamine groups is 1. The summed E-state index contributed by atoms with van der Waals surface area (Å²) in [6.07, 6.45) is 16.1. The minimum absolute atomic E-state index is 0.481. The Balaban J connectivity index is 3.73. The molecule has 0 spiro atoms. The molecule has 0 radical (unpaired) electrons. The summed E-state index contributed by atoms with van der Waals surface area (Å²) in [5, 5.41) is 21.7.